The Kier molecular flexibility index (Phi) is 38.7. The molecule has 0 bridgehead atoms. The van der Waals surface area contributed by atoms with Crippen LogP contribution in [0.5, 0.6) is 0 Å². The molecule has 1 aliphatic heterocycles. The second-order valence-corrected chi connectivity index (χ2v) is 21.1. The van der Waals surface area contributed by atoms with Gasteiger partial charge in [-0.25, -0.2) is 9.13 Å². The maximum absolute atomic E-state index is 12.7. The van der Waals surface area contributed by atoms with Gasteiger partial charge in [0.1, 0.15) is 12.7 Å². The summed E-state index contributed by atoms with van der Waals surface area (Å²) in [4.78, 5) is 53.0. The van der Waals surface area contributed by atoms with Gasteiger partial charge in [0.25, 0.3) is 0 Å². The predicted octanol–water partition coefficient (Wildman–Crippen LogP) is 12.9. The molecule has 1 saturated heterocycles. The highest BCUT2D eigenvalue weighted by atomic mass is 31.2. The second kappa shape index (κ2) is 40.7. The van der Waals surface area contributed by atoms with Gasteiger partial charge in [-0.1, -0.05) is 193 Å². The Labute approximate surface area is 394 Å². The number of rotatable bonds is 48. The molecule has 6 atom stereocenters. The van der Waals surface area contributed by atoms with E-state index in [9.17, 15) is 28.7 Å². The number of ether oxygens (including phenoxy) is 3. The minimum atomic E-state index is -4.87. The first-order valence-corrected chi connectivity index (χ1v) is 28.9. The zero-order valence-corrected chi connectivity index (χ0v) is 42.8. The molecule has 65 heavy (non-hydrogen) atoms. The first-order valence-electron chi connectivity index (χ1n) is 25.9. The Hall–Kier alpha value is -1.18. The van der Waals surface area contributed by atoms with Gasteiger partial charge in [-0.2, -0.15) is 0 Å². The van der Waals surface area contributed by atoms with Crippen molar-refractivity contribution in [2.45, 2.75) is 257 Å². The lowest BCUT2D eigenvalue weighted by Gasteiger charge is -2.20. The number of hydrogen-bond acceptors (Lipinski definition) is 11. The molecular formula is C49H94O14P2. The third-order valence-corrected chi connectivity index (χ3v) is 13.5. The van der Waals surface area contributed by atoms with Crippen molar-refractivity contribution in [3.05, 3.63) is 12.2 Å². The smallest absolute Gasteiger partial charge is 0.462 e. The zero-order chi connectivity index (χ0) is 47.9. The van der Waals surface area contributed by atoms with Crippen LogP contribution in [-0.2, 0) is 46.5 Å². The number of phosphoric ester groups is 2. The summed E-state index contributed by atoms with van der Waals surface area (Å²) >= 11 is 0. The molecule has 4 N–H and O–H groups in total. The van der Waals surface area contributed by atoms with E-state index in [1.54, 1.807) is 0 Å². The number of unbranched alkanes of at least 4 members (excludes halogenated alkanes) is 24. The molecule has 4 unspecified atom stereocenters. The van der Waals surface area contributed by atoms with Crippen LogP contribution in [0.2, 0.25) is 0 Å². The first-order chi connectivity index (χ1) is 31.2. The van der Waals surface area contributed by atoms with Crippen molar-refractivity contribution >= 4 is 27.6 Å². The highest BCUT2D eigenvalue weighted by molar-refractivity contribution is 7.47. The molecule has 1 rings (SSSR count). The molecule has 14 nitrogen and oxygen atoms in total. The third kappa shape index (κ3) is 41.5. The quantitative estimate of drug-likeness (QED) is 0.0147. The average Bonchev–Trinajstić information content (AvgIpc) is 4.03. The summed E-state index contributed by atoms with van der Waals surface area (Å²) < 4.78 is 53.8. The lowest BCUT2D eigenvalue weighted by molar-refractivity contribution is -0.161. The zero-order valence-electron chi connectivity index (χ0n) is 41.0. The number of hydrogen-bond donors (Lipinski definition) is 4. The Balaban J connectivity index is 2.26. The van der Waals surface area contributed by atoms with E-state index in [-0.39, 0.29) is 19.4 Å². The summed E-state index contributed by atoms with van der Waals surface area (Å²) in [6.07, 6.45) is 39.3. The van der Waals surface area contributed by atoms with E-state index in [0.717, 1.165) is 70.1 Å². The molecule has 0 spiro atoms. The average molecular weight is 969 g/mol. The minimum Gasteiger partial charge on any atom is -0.462 e. The van der Waals surface area contributed by atoms with Gasteiger partial charge in [0.2, 0.25) is 0 Å². The standard InChI is InChI=1S/C49H94O14P2/c1-4-6-7-8-25-30-35-46-47(63-46)36-31-26-23-28-33-38-49(52)62-45(42-61-65(56,57)60-40-44(50)39-59-64(53,54)55)41-58-48(51)37-32-27-22-20-18-16-14-12-10-9-11-13-15-17-19-21-24-29-34-43(3)5-2/h25,30,43-47,50H,4-24,26-29,31-42H2,1-3H3,(H,56,57)(H2,53,54,55)/b30-25-/t43?,44-,45+,46?,47?/m0/s1. The fraction of sp³-hybridized carbons (Fsp3) is 0.918. The van der Waals surface area contributed by atoms with Gasteiger partial charge in [0.15, 0.2) is 6.10 Å². The summed E-state index contributed by atoms with van der Waals surface area (Å²) in [5.41, 5.74) is 0. The van der Waals surface area contributed by atoms with Crippen LogP contribution in [0.3, 0.4) is 0 Å². The van der Waals surface area contributed by atoms with Crippen molar-refractivity contribution in [1.29, 1.82) is 0 Å². The highest BCUT2D eigenvalue weighted by Crippen LogP contribution is 2.44. The molecule has 0 aromatic rings. The highest BCUT2D eigenvalue weighted by Gasteiger charge is 2.36. The minimum absolute atomic E-state index is 0.112. The summed E-state index contributed by atoms with van der Waals surface area (Å²) in [7, 11) is -9.68. The second-order valence-electron chi connectivity index (χ2n) is 18.4. The molecule has 0 aromatic heterocycles. The van der Waals surface area contributed by atoms with E-state index < -0.39 is 59.6 Å². The van der Waals surface area contributed by atoms with Crippen LogP contribution in [0, 0.1) is 5.92 Å². The molecule has 0 aliphatic carbocycles. The molecule has 0 amide bonds. The van der Waals surface area contributed by atoms with Gasteiger partial charge in [-0.3, -0.25) is 23.2 Å². The SMILES string of the molecule is CCCCC/C=C\CC1OC1CCCCCCCC(=O)O[C@H](COC(=O)CCCCCCCCCCCCCCCCCCCCC(C)CC)COP(=O)(O)OC[C@@H](O)COP(=O)(O)O. The molecule has 1 aliphatic rings. The molecule has 1 fully saturated rings. The van der Waals surface area contributed by atoms with Crippen LogP contribution in [-0.4, -0.2) is 82.6 Å². The molecule has 0 radical (unpaired) electrons. The van der Waals surface area contributed by atoms with Gasteiger partial charge >= 0.3 is 27.6 Å². The molecule has 0 aromatic carbocycles. The fourth-order valence-corrected chi connectivity index (χ4v) is 8.84. The van der Waals surface area contributed by atoms with Crippen LogP contribution >= 0.6 is 15.6 Å². The fourth-order valence-electron chi connectivity index (χ4n) is 7.69. The number of epoxide rings is 1. The Bertz CT molecular complexity index is 1280. The van der Waals surface area contributed by atoms with Crippen molar-refractivity contribution in [3.63, 3.8) is 0 Å². The van der Waals surface area contributed by atoms with E-state index >= 15 is 0 Å². The number of esters is 2. The third-order valence-electron chi connectivity index (χ3n) is 12.1. The number of allylic oxidation sites excluding steroid dienone is 1. The Morgan fingerprint density at radius 3 is 1.62 bits per heavy atom. The van der Waals surface area contributed by atoms with E-state index in [4.69, 9.17) is 33.0 Å². The van der Waals surface area contributed by atoms with Crippen molar-refractivity contribution < 1.29 is 66.3 Å². The number of carbonyl (C=O) groups is 2. The number of carbonyl (C=O) groups excluding carboxylic acids is 2. The van der Waals surface area contributed by atoms with E-state index in [0.29, 0.717) is 25.0 Å². The molecule has 384 valence electrons. The number of phosphoric acid groups is 2. The summed E-state index contributed by atoms with van der Waals surface area (Å²) in [6, 6.07) is 0. The number of aliphatic hydroxyl groups is 1. The van der Waals surface area contributed by atoms with Gasteiger partial charge in [0.05, 0.1) is 32.0 Å². The Morgan fingerprint density at radius 2 is 1.08 bits per heavy atom. The Morgan fingerprint density at radius 1 is 0.585 bits per heavy atom. The van der Waals surface area contributed by atoms with Crippen molar-refractivity contribution in [2.75, 3.05) is 26.4 Å². The van der Waals surface area contributed by atoms with Gasteiger partial charge in [-0.15, -0.1) is 0 Å². The lowest BCUT2D eigenvalue weighted by Crippen LogP contribution is -2.30. The normalized spacial score (nSPS) is 17.5. The van der Waals surface area contributed by atoms with E-state index in [2.05, 4.69) is 37.4 Å². The maximum atomic E-state index is 12.7. The van der Waals surface area contributed by atoms with Crippen LogP contribution < -0.4 is 0 Å². The van der Waals surface area contributed by atoms with Crippen molar-refractivity contribution in [1.82, 2.24) is 0 Å². The molecule has 16 heteroatoms. The maximum Gasteiger partial charge on any atom is 0.472 e. The lowest BCUT2D eigenvalue weighted by atomic mass is 9.99. The summed E-state index contributed by atoms with van der Waals surface area (Å²) in [5.74, 6) is -0.157. The van der Waals surface area contributed by atoms with Crippen molar-refractivity contribution in [2.24, 2.45) is 5.92 Å². The van der Waals surface area contributed by atoms with Crippen LogP contribution in [0.25, 0.3) is 0 Å². The van der Waals surface area contributed by atoms with Crippen LogP contribution in [0.15, 0.2) is 12.2 Å². The number of aliphatic hydroxyl groups excluding tert-OH is 1. The van der Waals surface area contributed by atoms with Crippen molar-refractivity contribution in [3.8, 4) is 0 Å². The summed E-state index contributed by atoms with van der Waals surface area (Å²) in [6.45, 7) is 4.14. The monoisotopic (exact) mass is 969 g/mol. The van der Waals surface area contributed by atoms with E-state index in [1.807, 2.05) is 0 Å². The van der Waals surface area contributed by atoms with Gasteiger partial charge in [-0.05, 0) is 44.4 Å². The van der Waals surface area contributed by atoms with E-state index in [1.165, 1.54) is 122 Å². The molecule has 0 saturated carbocycles. The molecular weight excluding hydrogens is 874 g/mol. The van der Waals surface area contributed by atoms with Crippen LogP contribution in [0.1, 0.15) is 233 Å². The largest absolute Gasteiger partial charge is 0.472 e. The topological polar surface area (TPSA) is 208 Å². The molecule has 1 heterocycles. The summed E-state index contributed by atoms with van der Waals surface area (Å²) in [5, 5.41) is 9.78. The van der Waals surface area contributed by atoms with Gasteiger partial charge in [0, 0.05) is 12.8 Å². The predicted molar refractivity (Wildman–Crippen MR) is 257 cm³/mol. The first kappa shape index (κ1) is 61.8. The van der Waals surface area contributed by atoms with Crippen LogP contribution in [0.4, 0.5) is 0 Å². The van der Waals surface area contributed by atoms with Gasteiger partial charge < -0.3 is 34.0 Å².